The molecule has 1 saturated heterocycles. The summed E-state index contributed by atoms with van der Waals surface area (Å²) in [4.78, 5) is 38.2. The molecule has 9 heteroatoms. The fourth-order valence-electron chi connectivity index (χ4n) is 2.91. The van der Waals surface area contributed by atoms with Crippen molar-refractivity contribution in [1.29, 1.82) is 0 Å². The molecule has 2 aromatic rings. The second-order valence-corrected chi connectivity index (χ2v) is 7.38. The summed E-state index contributed by atoms with van der Waals surface area (Å²) in [6, 6.07) is 10.6. The van der Waals surface area contributed by atoms with Crippen molar-refractivity contribution in [3.05, 3.63) is 69.7 Å². The van der Waals surface area contributed by atoms with E-state index < -0.39 is 49.7 Å². The molecule has 0 unspecified atom stereocenters. The van der Waals surface area contributed by atoms with Gasteiger partial charge in [0.2, 0.25) is 11.8 Å². The van der Waals surface area contributed by atoms with Crippen LogP contribution in [0.3, 0.4) is 0 Å². The van der Waals surface area contributed by atoms with Crippen LogP contribution in [0.4, 0.5) is 13.6 Å². The average molecular weight is 441 g/mol. The number of hydrogen-bond acceptors (Lipinski definition) is 3. The highest BCUT2D eigenvalue weighted by atomic mass is 35.5. The molecule has 4 amide bonds. The van der Waals surface area contributed by atoms with Crippen molar-refractivity contribution >= 4 is 41.0 Å². The number of amides is 4. The molecule has 2 aromatic carbocycles. The van der Waals surface area contributed by atoms with Gasteiger partial charge in [0.15, 0.2) is 0 Å². The molecule has 0 saturated carbocycles. The fraction of sp³-hybridized carbons (Fsp3) is 0.250. The number of rotatable bonds is 6. The largest absolute Gasteiger partial charge is 0.333 e. The molecule has 1 aliphatic heterocycles. The lowest BCUT2D eigenvalue weighted by Crippen LogP contribution is -2.56. The zero-order valence-electron chi connectivity index (χ0n) is 15.0. The van der Waals surface area contributed by atoms with Crippen molar-refractivity contribution in [2.45, 2.75) is 18.8 Å². The second-order valence-electron chi connectivity index (χ2n) is 6.51. The van der Waals surface area contributed by atoms with Crippen LogP contribution in [0.1, 0.15) is 29.9 Å². The van der Waals surface area contributed by atoms with E-state index in [4.69, 9.17) is 23.2 Å². The number of imide groups is 2. The number of barbiturate groups is 1. The lowest BCUT2D eigenvalue weighted by molar-refractivity contribution is -0.143. The Labute approximate surface area is 175 Å². The normalized spacial score (nSPS) is 16.9. The molecule has 1 fully saturated rings. The minimum absolute atomic E-state index is 0.225. The second kappa shape index (κ2) is 8.88. The number of urea groups is 1. The number of carbonyl (C=O) groups is 3. The number of halogens is 4. The van der Waals surface area contributed by atoms with Gasteiger partial charge in [-0.15, -0.1) is 0 Å². The van der Waals surface area contributed by atoms with E-state index in [-0.39, 0.29) is 11.1 Å². The molecule has 5 nitrogen and oxygen atoms in total. The van der Waals surface area contributed by atoms with Gasteiger partial charge < -0.3 is 0 Å². The highest BCUT2D eigenvalue weighted by Crippen LogP contribution is 2.26. The molecule has 1 heterocycles. The molecule has 29 heavy (non-hydrogen) atoms. The van der Waals surface area contributed by atoms with Crippen molar-refractivity contribution in [2.75, 3.05) is 13.1 Å². The van der Waals surface area contributed by atoms with Crippen LogP contribution in [0.15, 0.2) is 48.5 Å². The molecule has 0 N–H and O–H groups in total. The predicted octanol–water partition coefficient (Wildman–Crippen LogP) is 4.90. The topological polar surface area (TPSA) is 57.7 Å². The molecule has 0 aliphatic carbocycles. The van der Waals surface area contributed by atoms with Gasteiger partial charge in [-0.2, -0.15) is 0 Å². The lowest BCUT2D eigenvalue weighted by Gasteiger charge is -2.34. The van der Waals surface area contributed by atoms with Crippen LogP contribution in [0.5, 0.6) is 0 Å². The summed E-state index contributed by atoms with van der Waals surface area (Å²) in [5.41, 5.74) is 0.450. The molecule has 1 aliphatic rings. The van der Waals surface area contributed by atoms with E-state index in [9.17, 15) is 23.2 Å². The molecule has 0 bridgehead atoms. The maximum absolute atomic E-state index is 14.6. The quantitative estimate of drug-likeness (QED) is 0.600. The lowest BCUT2D eigenvalue weighted by atomic mass is 10.1. The van der Waals surface area contributed by atoms with Crippen LogP contribution in [0, 0.1) is 0 Å². The molecular formula is C20H16Cl2F2N2O3. The molecule has 3 rings (SSSR count). The first kappa shape index (κ1) is 21.2. The highest BCUT2D eigenvalue weighted by molar-refractivity contribution is 6.30. The first-order chi connectivity index (χ1) is 13.8. The van der Waals surface area contributed by atoms with Gasteiger partial charge in [-0.1, -0.05) is 47.5 Å². The summed E-state index contributed by atoms with van der Waals surface area (Å²) >= 11 is 11.5. The fourth-order valence-corrected chi connectivity index (χ4v) is 3.17. The monoisotopic (exact) mass is 440 g/mol. The van der Waals surface area contributed by atoms with Gasteiger partial charge in [0.25, 0.3) is 0 Å². The number of carbonyl (C=O) groups excluding carboxylic acids is 3. The van der Waals surface area contributed by atoms with Crippen LogP contribution >= 0.6 is 23.2 Å². The van der Waals surface area contributed by atoms with Crippen molar-refractivity contribution in [3.63, 3.8) is 0 Å². The highest BCUT2D eigenvalue weighted by Gasteiger charge is 2.40. The Bertz CT molecular complexity index is 849. The SMILES string of the molecule is O=C1CC(=O)N(C[C@@H](F)c2ccc(Cl)cc2)C(=O)N1C[C@@H](F)c1ccc(Cl)cc1. The van der Waals surface area contributed by atoms with Gasteiger partial charge >= 0.3 is 6.03 Å². The maximum Gasteiger partial charge on any atom is 0.333 e. The Morgan fingerprint density at radius 2 is 1.07 bits per heavy atom. The van der Waals surface area contributed by atoms with Gasteiger partial charge in [0.05, 0.1) is 13.1 Å². The molecule has 0 radical (unpaired) electrons. The van der Waals surface area contributed by atoms with E-state index in [1.54, 1.807) is 0 Å². The van der Waals surface area contributed by atoms with E-state index in [0.717, 1.165) is 0 Å². The van der Waals surface area contributed by atoms with Crippen molar-refractivity contribution in [3.8, 4) is 0 Å². The van der Waals surface area contributed by atoms with Crippen molar-refractivity contribution in [1.82, 2.24) is 9.80 Å². The Morgan fingerprint density at radius 1 is 0.724 bits per heavy atom. The van der Waals surface area contributed by atoms with Gasteiger partial charge in [0, 0.05) is 10.0 Å². The number of alkyl halides is 2. The smallest absolute Gasteiger partial charge is 0.274 e. The molecule has 2 atom stereocenters. The van der Waals surface area contributed by atoms with E-state index in [0.29, 0.717) is 19.8 Å². The number of benzene rings is 2. The third kappa shape index (κ3) is 4.92. The van der Waals surface area contributed by atoms with E-state index in [2.05, 4.69) is 0 Å². The Morgan fingerprint density at radius 3 is 1.41 bits per heavy atom. The zero-order chi connectivity index (χ0) is 21.1. The summed E-state index contributed by atoms with van der Waals surface area (Å²) in [6.45, 7) is -1.16. The van der Waals surface area contributed by atoms with E-state index >= 15 is 0 Å². The van der Waals surface area contributed by atoms with Crippen LogP contribution in [-0.2, 0) is 9.59 Å². The van der Waals surface area contributed by atoms with Crippen LogP contribution in [0.25, 0.3) is 0 Å². The minimum atomic E-state index is -1.67. The summed E-state index contributed by atoms with van der Waals surface area (Å²) in [7, 11) is 0. The minimum Gasteiger partial charge on any atom is -0.274 e. The Hall–Kier alpha value is -2.51. The van der Waals surface area contributed by atoms with Gasteiger partial charge in [-0.3, -0.25) is 19.4 Å². The summed E-state index contributed by atoms with van der Waals surface area (Å²) in [5.74, 6) is -1.65. The first-order valence-electron chi connectivity index (χ1n) is 8.70. The summed E-state index contributed by atoms with van der Waals surface area (Å²) in [6.07, 6.45) is -3.98. The number of hydrogen-bond donors (Lipinski definition) is 0. The van der Waals surface area contributed by atoms with Gasteiger partial charge in [-0.25, -0.2) is 13.6 Å². The van der Waals surface area contributed by atoms with Crippen molar-refractivity contribution < 1.29 is 23.2 Å². The Balaban J connectivity index is 1.73. The third-order valence-corrected chi connectivity index (χ3v) is 5.02. The summed E-state index contributed by atoms with van der Waals surface area (Å²) in [5, 5.41) is 0.832. The van der Waals surface area contributed by atoms with Crippen LogP contribution < -0.4 is 0 Å². The van der Waals surface area contributed by atoms with Gasteiger partial charge in [0.1, 0.15) is 18.8 Å². The third-order valence-electron chi connectivity index (χ3n) is 4.52. The predicted molar refractivity (Wildman–Crippen MR) is 104 cm³/mol. The Kier molecular flexibility index (Phi) is 6.49. The average Bonchev–Trinajstić information content (AvgIpc) is 2.69. The number of nitrogens with zero attached hydrogens (tertiary/aromatic N) is 2. The van der Waals surface area contributed by atoms with Gasteiger partial charge in [-0.05, 0) is 35.4 Å². The van der Waals surface area contributed by atoms with Crippen molar-refractivity contribution in [2.24, 2.45) is 0 Å². The van der Waals surface area contributed by atoms with E-state index in [1.807, 2.05) is 0 Å². The van der Waals surface area contributed by atoms with E-state index in [1.165, 1.54) is 48.5 Å². The molecule has 0 spiro atoms. The first-order valence-corrected chi connectivity index (χ1v) is 9.45. The maximum atomic E-state index is 14.6. The van der Waals surface area contributed by atoms with Crippen LogP contribution in [0.2, 0.25) is 10.0 Å². The molecular weight excluding hydrogens is 425 g/mol. The molecule has 0 aromatic heterocycles. The van der Waals surface area contributed by atoms with Crippen LogP contribution in [-0.4, -0.2) is 40.7 Å². The molecule has 152 valence electrons. The summed E-state index contributed by atoms with van der Waals surface area (Å²) < 4.78 is 29.2. The zero-order valence-corrected chi connectivity index (χ0v) is 16.5. The standard InChI is InChI=1S/C20H16Cl2F2N2O3/c21-14-5-1-12(2-6-14)16(23)10-25-18(27)9-19(28)26(20(25)29)11-17(24)13-3-7-15(22)8-4-13/h1-8,16-17H,9-11H2/t16-,17-/m1/s1.